The Bertz CT molecular complexity index is 726. The van der Waals surface area contributed by atoms with E-state index < -0.39 is 0 Å². The van der Waals surface area contributed by atoms with Gasteiger partial charge in [-0.1, -0.05) is 0 Å². The van der Waals surface area contributed by atoms with E-state index in [9.17, 15) is 9.59 Å². The van der Waals surface area contributed by atoms with Gasteiger partial charge in [-0.25, -0.2) is 4.98 Å². The summed E-state index contributed by atoms with van der Waals surface area (Å²) < 4.78 is 0. The van der Waals surface area contributed by atoms with Crippen molar-refractivity contribution in [3.05, 3.63) is 23.9 Å². The van der Waals surface area contributed by atoms with E-state index in [0.717, 1.165) is 83.6 Å². The van der Waals surface area contributed by atoms with Gasteiger partial charge in [-0.15, -0.1) is 0 Å². The number of amides is 2. The molecule has 3 aliphatic rings. The van der Waals surface area contributed by atoms with Gasteiger partial charge in [0.05, 0.1) is 11.5 Å². The number of carbonyl (C=O) groups excluding carboxylic acids is 2. The molecule has 158 valence electrons. The molecular formula is C22H33N5O2. The second-order valence-corrected chi connectivity index (χ2v) is 8.54. The highest BCUT2D eigenvalue weighted by Crippen LogP contribution is 2.28. The van der Waals surface area contributed by atoms with Gasteiger partial charge in [0, 0.05) is 52.0 Å². The summed E-state index contributed by atoms with van der Waals surface area (Å²) in [6.45, 7) is 5.70. The van der Waals surface area contributed by atoms with E-state index in [4.69, 9.17) is 0 Å². The van der Waals surface area contributed by atoms with Crippen molar-refractivity contribution in [1.82, 2.24) is 20.1 Å². The van der Waals surface area contributed by atoms with E-state index in [1.54, 1.807) is 13.2 Å². The second kappa shape index (κ2) is 9.11. The largest absolute Gasteiger partial charge is 0.356 e. The Labute approximate surface area is 173 Å². The van der Waals surface area contributed by atoms with E-state index in [1.807, 2.05) is 12.1 Å². The number of nitrogens with zero attached hydrogens (tertiary/aromatic N) is 4. The minimum atomic E-state index is -0.0884. The van der Waals surface area contributed by atoms with Crippen LogP contribution < -0.4 is 10.2 Å². The zero-order valence-electron chi connectivity index (χ0n) is 17.5. The lowest BCUT2D eigenvalue weighted by atomic mass is 9.93. The summed E-state index contributed by atoms with van der Waals surface area (Å²) in [5.41, 5.74) is 0.641. The second-order valence-electron chi connectivity index (χ2n) is 8.54. The lowest BCUT2D eigenvalue weighted by Crippen LogP contribution is -2.51. The molecule has 3 saturated heterocycles. The number of likely N-dealkylation sites (tertiary alicyclic amines) is 2. The smallest absolute Gasteiger partial charge is 0.254 e. The van der Waals surface area contributed by atoms with Gasteiger partial charge in [0.1, 0.15) is 5.82 Å². The summed E-state index contributed by atoms with van der Waals surface area (Å²) in [5, 5.41) is 2.71. The maximum atomic E-state index is 12.8. The lowest BCUT2D eigenvalue weighted by Gasteiger charge is -2.43. The molecule has 29 heavy (non-hydrogen) atoms. The summed E-state index contributed by atoms with van der Waals surface area (Å²) in [7, 11) is 1.65. The third kappa shape index (κ3) is 4.39. The Balaban J connectivity index is 1.35. The van der Waals surface area contributed by atoms with Crippen LogP contribution in [0.2, 0.25) is 0 Å². The molecule has 7 heteroatoms. The molecule has 0 radical (unpaired) electrons. The molecule has 7 nitrogen and oxygen atoms in total. The van der Waals surface area contributed by atoms with Crippen molar-refractivity contribution < 1.29 is 9.59 Å². The van der Waals surface area contributed by atoms with Crippen LogP contribution in [-0.2, 0) is 4.79 Å². The number of piperidine rings is 2. The van der Waals surface area contributed by atoms with Crippen LogP contribution in [0.5, 0.6) is 0 Å². The molecule has 3 aliphatic heterocycles. The highest BCUT2D eigenvalue weighted by Gasteiger charge is 2.34. The van der Waals surface area contributed by atoms with Crippen molar-refractivity contribution in [2.45, 2.75) is 44.6 Å². The van der Waals surface area contributed by atoms with Gasteiger partial charge in [-0.3, -0.25) is 14.5 Å². The molecule has 3 fully saturated rings. The Kier molecular flexibility index (Phi) is 6.33. The third-order valence-corrected chi connectivity index (χ3v) is 6.76. The van der Waals surface area contributed by atoms with Crippen molar-refractivity contribution in [3.63, 3.8) is 0 Å². The number of pyridine rings is 1. The molecule has 1 aromatic rings. The van der Waals surface area contributed by atoms with Crippen LogP contribution in [0.4, 0.5) is 5.82 Å². The van der Waals surface area contributed by atoms with Crippen molar-refractivity contribution in [1.29, 1.82) is 0 Å². The molecule has 0 spiro atoms. The minimum Gasteiger partial charge on any atom is -0.356 e. The summed E-state index contributed by atoms with van der Waals surface area (Å²) in [6.07, 6.45) is 8.33. The maximum absolute atomic E-state index is 12.8. The summed E-state index contributed by atoms with van der Waals surface area (Å²) in [6, 6.07) is 4.17. The molecule has 0 saturated carbocycles. The van der Waals surface area contributed by atoms with Gasteiger partial charge in [0.25, 0.3) is 5.91 Å². The monoisotopic (exact) mass is 399 g/mol. The molecule has 0 aliphatic carbocycles. The van der Waals surface area contributed by atoms with E-state index in [0.29, 0.717) is 17.5 Å². The Morgan fingerprint density at radius 2 is 1.79 bits per heavy atom. The fourth-order valence-electron chi connectivity index (χ4n) is 5.14. The first-order valence-electron chi connectivity index (χ1n) is 11.1. The number of hydrogen-bond donors (Lipinski definition) is 1. The molecule has 4 rings (SSSR count). The minimum absolute atomic E-state index is 0.0884. The van der Waals surface area contributed by atoms with Gasteiger partial charge in [0.2, 0.25) is 5.91 Å². The van der Waals surface area contributed by atoms with Crippen LogP contribution in [0, 0.1) is 5.92 Å². The SMILES string of the molecule is CNC(=O)c1cccnc1N1CCC(N2CCCC(C(=O)N3CCCC3)C2)CC1. The first kappa shape index (κ1) is 20.1. The Morgan fingerprint density at radius 3 is 2.52 bits per heavy atom. The van der Waals surface area contributed by atoms with E-state index in [-0.39, 0.29) is 11.8 Å². The molecule has 2 amide bonds. The molecule has 1 unspecified atom stereocenters. The molecule has 1 atom stereocenters. The molecular weight excluding hydrogens is 366 g/mol. The zero-order valence-corrected chi connectivity index (χ0v) is 17.5. The summed E-state index contributed by atoms with van der Waals surface area (Å²) in [5.74, 6) is 1.25. The number of nitrogens with one attached hydrogen (secondary N) is 1. The number of rotatable bonds is 4. The molecule has 1 aromatic heterocycles. The van der Waals surface area contributed by atoms with Crippen molar-refractivity contribution in [2.24, 2.45) is 5.92 Å². The van der Waals surface area contributed by atoms with E-state index in [1.165, 1.54) is 0 Å². The van der Waals surface area contributed by atoms with Crippen molar-refractivity contribution in [3.8, 4) is 0 Å². The fourth-order valence-corrected chi connectivity index (χ4v) is 5.14. The predicted octanol–water partition coefficient (Wildman–Crippen LogP) is 1.74. The Morgan fingerprint density at radius 1 is 1.03 bits per heavy atom. The summed E-state index contributed by atoms with van der Waals surface area (Å²) in [4.78, 5) is 36.4. The van der Waals surface area contributed by atoms with Crippen molar-refractivity contribution >= 4 is 17.6 Å². The lowest BCUT2D eigenvalue weighted by molar-refractivity contribution is -0.136. The molecule has 0 bridgehead atoms. The maximum Gasteiger partial charge on any atom is 0.254 e. The standard InChI is InChI=1S/C22H33N5O2/c1-23-21(28)19-7-4-10-24-20(19)25-14-8-18(9-15-25)27-13-5-6-17(16-27)22(29)26-11-2-3-12-26/h4,7,10,17-18H,2-3,5-6,8-9,11-16H2,1H3,(H,23,28). The zero-order chi connectivity index (χ0) is 20.2. The highest BCUT2D eigenvalue weighted by molar-refractivity contribution is 5.98. The summed E-state index contributed by atoms with van der Waals surface area (Å²) >= 11 is 0. The van der Waals surface area contributed by atoms with Gasteiger partial charge < -0.3 is 15.1 Å². The van der Waals surface area contributed by atoms with Crippen LogP contribution in [0.3, 0.4) is 0 Å². The molecule has 0 aromatic carbocycles. The topological polar surface area (TPSA) is 68.8 Å². The number of hydrogen-bond acceptors (Lipinski definition) is 5. The van der Waals surface area contributed by atoms with Crippen LogP contribution in [0.15, 0.2) is 18.3 Å². The number of aromatic nitrogens is 1. The Hall–Kier alpha value is -2.15. The van der Waals surface area contributed by atoms with Crippen LogP contribution >= 0.6 is 0 Å². The average Bonchev–Trinajstić information content (AvgIpc) is 3.33. The van der Waals surface area contributed by atoms with Gasteiger partial charge in [-0.2, -0.15) is 0 Å². The molecule has 4 heterocycles. The van der Waals surface area contributed by atoms with Crippen molar-refractivity contribution in [2.75, 3.05) is 51.2 Å². The highest BCUT2D eigenvalue weighted by atomic mass is 16.2. The fraction of sp³-hybridized carbons (Fsp3) is 0.682. The first-order chi connectivity index (χ1) is 14.2. The van der Waals surface area contributed by atoms with Gasteiger partial charge in [-0.05, 0) is 57.2 Å². The van der Waals surface area contributed by atoms with Crippen LogP contribution in [0.1, 0.15) is 48.9 Å². The van der Waals surface area contributed by atoms with E-state index in [2.05, 4.69) is 25.0 Å². The van der Waals surface area contributed by atoms with Crippen LogP contribution in [0.25, 0.3) is 0 Å². The average molecular weight is 400 g/mol. The number of carbonyl (C=O) groups is 2. The normalized spacial score (nSPS) is 24.0. The first-order valence-corrected chi connectivity index (χ1v) is 11.1. The van der Waals surface area contributed by atoms with Gasteiger partial charge in [0.15, 0.2) is 0 Å². The quantitative estimate of drug-likeness (QED) is 0.835. The predicted molar refractivity (Wildman–Crippen MR) is 113 cm³/mol. The third-order valence-electron chi connectivity index (χ3n) is 6.76. The number of anilines is 1. The molecule has 1 N–H and O–H groups in total. The van der Waals surface area contributed by atoms with E-state index >= 15 is 0 Å². The van der Waals surface area contributed by atoms with Gasteiger partial charge >= 0.3 is 0 Å². The van der Waals surface area contributed by atoms with Crippen LogP contribution in [-0.4, -0.2) is 79.0 Å².